The van der Waals surface area contributed by atoms with Crippen LogP contribution in [0.5, 0.6) is 0 Å². The minimum Gasteiger partial charge on any atom is -0.380 e. The number of amides is 1. The largest absolute Gasteiger partial charge is 0.380 e. The summed E-state index contributed by atoms with van der Waals surface area (Å²) in [6.07, 6.45) is 6.40. The Morgan fingerprint density at radius 2 is 1.88 bits per heavy atom. The lowest BCUT2D eigenvalue weighted by Gasteiger charge is -2.31. The number of carbonyl (C=O) groups excluding carboxylic acids is 1. The quantitative estimate of drug-likeness (QED) is 0.243. The molecule has 0 aromatic carbocycles. The molecule has 0 aromatic heterocycles. The number of unbranched alkanes of at least 4 members (excludes halogenated alkanes) is 1. The number of nitrogens with one attached hydrogen (secondary N) is 2. The van der Waals surface area contributed by atoms with Gasteiger partial charge in [-0.15, -0.1) is 24.0 Å². The average molecular weight is 454 g/mol. The smallest absolute Gasteiger partial charge is 0.230 e. The standard InChI is InChI=1S/C17H34N4O2.HI/c1-5-6-12-23-13-11-19-16(18-2)20-14-17(9-7-8-10-17)15(22)21(3)4;/h5-14H2,1-4H3,(H2,18,19,20);1H. The van der Waals surface area contributed by atoms with Crippen molar-refractivity contribution in [2.24, 2.45) is 10.4 Å². The number of hydrogen-bond acceptors (Lipinski definition) is 3. The van der Waals surface area contributed by atoms with E-state index in [-0.39, 0.29) is 35.3 Å². The molecule has 0 bridgehead atoms. The molecule has 7 heteroatoms. The molecular formula is C17H35IN4O2. The molecule has 0 unspecified atom stereocenters. The highest BCUT2D eigenvalue weighted by molar-refractivity contribution is 14.0. The number of ether oxygens (including phenoxy) is 1. The molecule has 1 aliphatic rings. The second kappa shape index (κ2) is 12.7. The summed E-state index contributed by atoms with van der Waals surface area (Å²) in [5, 5.41) is 6.57. The van der Waals surface area contributed by atoms with Gasteiger partial charge >= 0.3 is 0 Å². The zero-order valence-corrected chi connectivity index (χ0v) is 18.0. The third kappa shape index (κ3) is 7.55. The van der Waals surface area contributed by atoms with E-state index in [0.29, 0.717) is 13.2 Å². The van der Waals surface area contributed by atoms with Crippen LogP contribution in [0.2, 0.25) is 0 Å². The van der Waals surface area contributed by atoms with Crippen molar-refractivity contribution in [2.75, 3.05) is 47.4 Å². The fraction of sp³-hybridized carbons (Fsp3) is 0.882. The van der Waals surface area contributed by atoms with Crippen LogP contribution in [0.3, 0.4) is 0 Å². The van der Waals surface area contributed by atoms with E-state index < -0.39 is 0 Å². The summed E-state index contributed by atoms with van der Waals surface area (Å²) >= 11 is 0. The summed E-state index contributed by atoms with van der Waals surface area (Å²) in [5.41, 5.74) is -0.279. The van der Waals surface area contributed by atoms with Gasteiger partial charge in [0.15, 0.2) is 5.96 Å². The van der Waals surface area contributed by atoms with Crippen molar-refractivity contribution < 1.29 is 9.53 Å². The van der Waals surface area contributed by atoms with Crippen LogP contribution in [0, 0.1) is 5.41 Å². The molecule has 1 fully saturated rings. The van der Waals surface area contributed by atoms with Crippen LogP contribution >= 0.6 is 24.0 Å². The normalized spacial score (nSPS) is 16.4. The number of rotatable bonds is 9. The van der Waals surface area contributed by atoms with Crippen molar-refractivity contribution in [3.05, 3.63) is 0 Å². The van der Waals surface area contributed by atoms with Crippen molar-refractivity contribution in [1.82, 2.24) is 15.5 Å². The molecular weight excluding hydrogens is 419 g/mol. The topological polar surface area (TPSA) is 66.0 Å². The predicted molar refractivity (Wildman–Crippen MR) is 110 cm³/mol. The molecule has 0 aliphatic heterocycles. The number of halogens is 1. The predicted octanol–water partition coefficient (Wildman–Crippen LogP) is 2.23. The van der Waals surface area contributed by atoms with Gasteiger partial charge in [-0.25, -0.2) is 0 Å². The van der Waals surface area contributed by atoms with Crippen molar-refractivity contribution in [1.29, 1.82) is 0 Å². The van der Waals surface area contributed by atoms with Crippen molar-refractivity contribution in [3.63, 3.8) is 0 Å². The van der Waals surface area contributed by atoms with E-state index in [1.54, 1.807) is 11.9 Å². The number of aliphatic imine (C=N–C) groups is 1. The first-order valence-electron chi connectivity index (χ1n) is 8.80. The molecule has 24 heavy (non-hydrogen) atoms. The highest BCUT2D eigenvalue weighted by Gasteiger charge is 2.42. The first-order valence-corrected chi connectivity index (χ1v) is 8.80. The van der Waals surface area contributed by atoms with Gasteiger partial charge in [0.05, 0.1) is 12.0 Å². The summed E-state index contributed by atoms with van der Waals surface area (Å²) in [6, 6.07) is 0. The highest BCUT2D eigenvalue weighted by atomic mass is 127. The Balaban J connectivity index is 0.00000529. The van der Waals surface area contributed by atoms with Gasteiger partial charge in [-0.2, -0.15) is 0 Å². The fourth-order valence-corrected chi connectivity index (χ4v) is 3.06. The maximum atomic E-state index is 12.5. The minimum absolute atomic E-state index is 0. The van der Waals surface area contributed by atoms with Gasteiger partial charge in [-0.05, 0) is 19.3 Å². The van der Waals surface area contributed by atoms with Gasteiger partial charge in [0.1, 0.15) is 0 Å². The monoisotopic (exact) mass is 454 g/mol. The molecule has 1 amide bonds. The lowest BCUT2D eigenvalue weighted by Crippen LogP contribution is -2.49. The Morgan fingerprint density at radius 3 is 2.42 bits per heavy atom. The molecule has 1 aliphatic carbocycles. The maximum Gasteiger partial charge on any atom is 0.230 e. The maximum absolute atomic E-state index is 12.5. The van der Waals surface area contributed by atoms with Crippen LogP contribution in [-0.2, 0) is 9.53 Å². The molecule has 142 valence electrons. The van der Waals surface area contributed by atoms with Crippen molar-refractivity contribution in [2.45, 2.75) is 45.4 Å². The van der Waals surface area contributed by atoms with Crippen LogP contribution in [0.25, 0.3) is 0 Å². The van der Waals surface area contributed by atoms with Gasteiger partial charge in [0.25, 0.3) is 0 Å². The van der Waals surface area contributed by atoms with Crippen LogP contribution in [-0.4, -0.2) is 64.2 Å². The first-order chi connectivity index (χ1) is 11.1. The van der Waals surface area contributed by atoms with E-state index >= 15 is 0 Å². The first kappa shape index (κ1) is 23.4. The second-order valence-electron chi connectivity index (χ2n) is 6.51. The zero-order valence-electron chi connectivity index (χ0n) is 15.7. The van der Waals surface area contributed by atoms with E-state index in [4.69, 9.17) is 4.74 Å². The summed E-state index contributed by atoms with van der Waals surface area (Å²) in [4.78, 5) is 18.5. The Labute approximate surface area is 164 Å². The average Bonchev–Trinajstić information content (AvgIpc) is 3.02. The zero-order chi connectivity index (χ0) is 17.1. The molecule has 0 spiro atoms. The second-order valence-corrected chi connectivity index (χ2v) is 6.51. The van der Waals surface area contributed by atoms with Crippen LogP contribution < -0.4 is 10.6 Å². The van der Waals surface area contributed by atoms with E-state index in [1.165, 1.54) is 0 Å². The summed E-state index contributed by atoms with van der Waals surface area (Å²) < 4.78 is 5.53. The van der Waals surface area contributed by atoms with E-state index in [9.17, 15) is 4.79 Å². The molecule has 2 N–H and O–H groups in total. The SMILES string of the molecule is CCCCOCCNC(=NC)NCC1(C(=O)N(C)C)CCCC1.I. The molecule has 0 aromatic rings. The van der Waals surface area contributed by atoms with Crippen LogP contribution in [0.1, 0.15) is 45.4 Å². The minimum atomic E-state index is -0.279. The van der Waals surface area contributed by atoms with Crippen molar-refractivity contribution in [3.8, 4) is 0 Å². The molecule has 0 radical (unpaired) electrons. The molecule has 6 nitrogen and oxygen atoms in total. The third-order valence-corrected chi connectivity index (χ3v) is 4.42. The van der Waals surface area contributed by atoms with Gasteiger partial charge in [0, 0.05) is 40.8 Å². The molecule has 0 atom stereocenters. The molecule has 1 rings (SSSR count). The third-order valence-electron chi connectivity index (χ3n) is 4.42. The molecule has 0 heterocycles. The lowest BCUT2D eigenvalue weighted by molar-refractivity contribution is -0.138. The van der Waals surface area contributed by atoms with Gasteiger partial charge < -0.3 is 20.3 Å². The Morgan fingerprint density at radius 1 is 1.21 bits per heavy atom. The molecule has 0 saturated heterocycles. The van der Waals surface area contributed by atoms with Gasteiger partial charge in [-0.3, -0.25) is 9.79 Å². The summed E-state index contributed by atoms with van der Waals surface area (Å²) in [5.74, 6) is 0.961. The van der Waals surface area contributed by atoms with Crippen LogP contribution in [0.15, 0.2) is 4.99 Å². The van der Waals surface area contributed by atoms with E-state index in [0.717, 1.165) is 57.6 Å². The van der Waals surface area contributed by atoms with Gasteiger partial charge in [0.2, 0.25) is 5.91 Å². The highest BCUT2D eigenvalue weighted by Crippen LogP contribution is 2.38. The Hall–Kier alpha value is -0.570. The van der Waals surface area contributed by atoms with Crippen molar-refractivity contribution >= 4 is 35.8 Å². The van der Waals surface area contributed by atoms with Gasteiger partial charge in [-0.1, -0.05) is 26.2 Å². The number of nitrogens with zero attached hydrogens (tertiary/aromatic N) is 2. The van der Waals surface area contributed by atoms with E-state index in [1.807, 2.05) is 14.1 Å². The summed E-state index contributed by atoms with van der Waals surface area (Å²) in [6.45, 7) is 4.99. The Kier molecular flexibility index (Phi) is 12.4. The lowest BCUT2D eigenvalue weighted by atomic mass is 9.84. The number of guanidine groups is 1. The van der Waals surface area contributed by atoms with E-state index in [2.05, 4.69) is 22.5 Å². The summed E-state index contributed by atoms with van der Waals surface area (Å²) in [7, 11) is 5.43. The Bertz CT molecular complexity index is 383. The molecule has 1 saturated carbocycles. The van der Waals surface area contributed by atoms with Crippen LogP contribution in [0.4, 0.5) is 0 Å². The number of hydrogen-bond donors (Lipinski definition) is 2. The number of carbonyl (C=O) groups is 1. The fourth-order valence-electron chi connectivity index (χ4n) is 3.06.